The zero-order chi connectivity index (χ0) is 10.7. The number of nitrogens with two attached hydrogens (primary N) is 1. The Morgan fingerprint density at radius 2 is 2.07 bits per heavy atom. The lowest BCUT2D eigenvalue weighted by Gasteiger charge is -2.10. The van der Waals surface area contributed by atoms with Gasteiger partial charge in [0.2, 0.25) is 0 Å². The van der Waals surface area contributed by atoms with Crippen molar-refractivity contribution in [2.24, 2.45) is 0 Å². The van der Waals surface area contributed by atoms with Crippen molar-refractivity contribution < 1.29 is 4.39 Å². The standard InChI is InChI=1S/C12H16FNS/c13-11-6-3-7-12(14)10(11)8-15-9-4-1-2-5-9/h3,6-7,9H,1-2,4-5,8,14H2. The Morgan fingerprint density at radius 1 is 1.33 bits per heavy atom. The average molecular weight is 225 g/mol. The molecule has 82 valence electrons. The maximum absolute atomic E-state index is 13.4. The van der Waals surface area contributed by atoms with Gasteiger partial charge in [0.1, 0.15) is 5.82 Å². The SMILES string of the molecule is Nc1cccc(F)c1CSC1CCCC1. The first-order valence-corrected chi connectivity index (χ1v) is 6.46. The average Bonchev–Trinajstić information content (AvgIpc) is 2.70. The second-order valence-electron chi connectivity index (χ2n) is 4.03. The molecule has 1 aliphatic rings. The molecule has 15 heavy (non-hydrogen) atoms. The molecule has 0 aliphatic heterocycles. The summed E-state index contributed by atoms with van der Waals surface area (Å²) in [7, 11) is 0. The molecule has 1 aromatic carbocycles. The topological polar surface area (TPSA) is 26.0 Å². The molecule has 0 aromatic heterocycles. The highest BCUT2D eigenvalue weighted by Crippen LogP contribution is 2.33. The van der Waals surface area contributed by atoms with Crippen LogP contribution in [0.3, 0.4) is 0 Å². The van der Waals surface area contributed by atoms with Gasteiger partial charge in [0.05, 0.1) is 0 Å². The van der Waals surface area contributed by atoms with E-state index in [9.17, 15) is 4.39 Å². The van der Waals surface area contributed by atoms with E-state index in [4.69, 9.17) is 5.73 Å². The van der Waals surface area contributed by atoms with Crippen molar-refractivity contribution in [2.75, 3.05) is 5.73 Å². The van der Waals surface area contributed by atoms with Crippen LogP contribution in [-0.4, -0.2) is 5.25 Å². The van der Waals surface area contributed by atoms with E-state index in [0.29, 0.717) is 22.3 Å². The van der Waals surface area contributed by atoms with Gasteiger partial charge in [0, 0.05) is 22.3 Å². The highest BCUT2D eigenvalue weighted by atomic mass is 32.2. The Kier molecular flexibility index (Phi) is 3.52. The Bertz CT molecular complexity index is 314. The van der Waals surface area contributed by atoms with Crippen LogP contribution in [0, 0.1) is 5.82 Å². The van der Waals surface area contributed by atoms with Gasteiger partial charge < -0.3 is 5.73 Å². The minimum atomic E-state index is -0.166. The first-order chi connectivity index (χ1) is 7.27. The van der Waals surface area contributed by atoms with Gasteiger partial charge in [0.25, 0.3) is 0 Å². The molecule has 0 spiro atoms. The normalized spacial score (nSPS) is 17.1. The Labute approximate surface area is 94.2 Å². The molecule has 0 radical (unpaired) electrons. The first-order valence-electron chi connectivity index (χ1n) is 5.42. The number of rotatable bonds is 3. The molecule has 0 amide bonds. The number of benzene rings is 1. The second-order valence-corrected chi connectivity index (χ2v) is 5.31. The van der Waals surface area contributed by atoms with Crippen molar-refractivity contribution in [1.29, 1.82) is 0 Å². The molecule has 0 heterocycles. The van der Waals surface area contributed by atoms with Crippen molar-refractivity contribution in [2.45, 2.75) is 36.7 Å². The van der Waals surface area contributed by atoms with E-state index in [1.54, 1.807) is 12.1 Å². The molecular formula is C12H16FNS. The molecule has 1 fully saturated rings. The van der Waals surface area contributed by atoms with Gasteiger partial charge in [-0.1, -0.05) is 18.9 Å². The van der Waals surface area contributed by atoms with Crippen LogP contribution in [0.4, 0.5) is 10.1 Å². The molecule has 0 unspecified atom stereocenters. The van der Waals surface area contributed by atoms with Crippen molar-refractivity contribution in [1.82, 2.24) is 0 Å². The summed E-state index contributed by atoms with van der Waals surface area (Å²) in [4.78, 5) is 0. The van der Waals surface area contributed by atoms with Gasteiger partial charge in [-0.25, -0.2) is 4.39 Å². The summed E-state index contributed by atoms with van der Waals surface area (Å²) in [5.74, 6) is 0.545. The summed E-state index contributed by atoms with van der Waals surface area (Å²) in [6.45, 7) is 0. The Balaban J connectivity index is 1.97. The summed E-state index contributed by atoms with van der Waals surface area (Å²) >= 11 is 1.85. The van der Waals surface area contributed by atoms with E-state index in [-0.39, 0.29) is 5.82 Å². The van der Waals surface area contributed by atoms with Gasteiger partial charge in [0.15, 0.2) is 0 Å². The monoisotopic (exact) mass is 225 g/mol. The number of nitrogen functional groups attached to an aromatic ring is 1. The number of halogens is 1. The Morgan fingerprint density at radius 3 is 2.73 bits per heavy atom. The summed E-state index contributed by atoms with van der Waals surface area (Å²) in [5.41, 5.74) is 7.01. The lowest BCUT2D eigenvalue weighted by atomic mass is 10.2. The van der Waals surface area contributed by atoms with E-state index in [1.165, 1.54) is 31.7 Å². The van der Waals surface area contributed by atoms with Crippen LogP contribution in [0.1, 0.15) is 31.2 Å². The number of anilines is 1. The fraction of sp³-hybridized carbons (Fsp3) is 0.500. The molecule has 1 saturated carbocycles. The second kappa shape index (κ2) is 4.88. The fourth-order valence-electron chi connectivity index (χ4n) is 1.98. The molecule has 1 nitrogen and oxygen atoms in total. The summed E-state index contributed by atoms with van der Waals surface area (Å²) in [6.07, 6.45) is 5.20. The van der Waals surface area contributed by atoms with Gasteiger partial charge >= 0.3 is 0 Å². The summed E-state index contributed by atoms with van der Waals surface area (Å²) in [5, 5.41) is 0.712. The molecule has 1 aromatic rings. The predicted molar refractivity (Wildman–Crippen MR) is 64.4 cm³/mol. The summed E-state index contributed by atoms with van der Waals surface area (Å²) < 4.78 is 13.4. The predicted octanol–water partition coefficient (Wildman–Crippen LogP) is 3.58. The minimum absolute atomic E-state index is 0.166. The van der Waals surface area contributed by atoms with E-state index in [2.05, 4.69) is 0 Å². The lowest BCUT2D eigenvalue weighted by Crippen LogP contribution is -2.00. The molecular weight excluding hydrogens is 209 g/mol. The van der Waals surface area contributed by atoms with Crippen molar-refractivity contribution in [3.05, 3.63) is 29.6 Å². The summed E-state index contributed by atoms with van der Waals surface area (Å²) in [6, 6.07) is 4.92. The highest BCUT2D eigenvalue weighted by Gasteiger charge is 2.16. The van der Waals surface area contributed by atoms with Crippen LogP contribution in [-0.2, 0) is 5.75 Å². The van der Waals surface area contributed by atoms with E-state index >= 15 is 0 Å². The quantitative estimate of drug-likeness (QED) is 0.796. The molecule has 2 rings (SSSR count). The molecule has 2 N–H and O–H groups in total. The van der Waals surface area contributed by atoms with Crippen LogP contribution in [0.5, 0.6) is 0 Å². The van der Waals surface area contributed by atoms with Gasteiger partial charge in [-0.2, -0.15) is 11.8 Å². The highest BCUT2D eigenvalue weighted by molar-refractivity contribution is 7.99. The maximum atomic E-state index is 13.4. The molecule has 3 heteroatoms. The molecule has 0 bridgehead atoms. The third-order valence-corrected chi connectivity index (χ3v) is 4.32. The van der Waals surface area contributed by atoms with Gasteiger partial charge in [-0.05, 0) is 25.0 Å². The van der Waals surface area contributed by atoms with E-state index in [1.807, 2.05) is 11.8 Å². The molecule has 0 atom stereocenters. The largest absolute Gasteiger partial charge is 0.398 e. The zero-order valence-corrected chi connectivity index (χ0v) is 9.52. The third-order valence-electron chi connectivity index (χ3n) is 2.92. The molecule has 0 saturated heterocycles. The molecule has 1 aliphatic carbocycles. The number of thioether (sulfide) groups is 1. The lowest BCUT2D eigenvalue weighted by molar-refractivity contribution is 0.618. The number of hydrogen-bond acceptors (Lipinski definition) is 2. The smallest absolute Gasteiger partial charge is 0.129 e. The van der Waals surface area contributed by atoms with Crippen molar-refractivity contribution in [3.63, 3.8) is 0 Å². The zero-order valence-electron chi connectivity index (χ0n) is 8.71. The van der Waals surface area contributed by atoms with Gasteiger partial charge in [-0.3, -0.25) is 0 Å². The van der Waals surface area contributed by atoms with Crippen molar-refractivity contribution >= 4 is 17.4 Å². The maximum Gasteiger partial charge on any atom is 0.129 e. The van der Waals surface area contributed by atoms with Crippen LogP contribution >= 0.6 is 11.8 Å². The van der Waals surface area contributed by atoms with E-state index in [0.717, 1.165) is 0 Å². The van der Waals surface area contributed by atoms with Crippen LogP contribution in [0.25, 0.3) is 0 Å². The van der Waals surface area contributed by atoms with E-state index < -0.39 is 0 Å². The van der Waals surface area contributed by atoms with Crippen LogP contribution < -0.4 is 5.73 Å². The van der Waals surface area contributed by atoms with Crippen molar-refractivity contribution in [3.8, 4) is 0 Å². The van der Waals surface area contributed by atoms with Gasteiger partial charge in [-0.15, -0.1) is 0 Å². The fourth-order valence-corrected chi connectivity index (χ4v) is 3.36. The Hall–Kier alpha value is -0.700. The van der Waals surface area contributed by atoms with Crippen LogP contribution in [0.2, 0.25) is 0 Å². The van der Waals surface area contributed by atoms with Crippen LogP contribution in [0.15, 0.2) is 18.2 Å². The third kappa shape index (κ3) is 2.65. The number of hydrogen-bond donors (Lipinski definition) is 1. The first kappa shape index (κ1) is 10.8. The minimum Gasteiger partial charge on any atom is -0.398 e.